The van der Waals surface area contributed by atoms with Crippen LogP contribution in [0.5, 0.6) is 0 Å². The van der Waals surface area contributed by atoms with Crippen LogP contribution in [-0.2, 0) is 0 Å². The van der Waals surface area contributed by atoms with Crippen molar-refractivity contribution < 1.29 is 0 Å². The number of piperidine rings is 1. The van der Waals surface area contributed by atoms with Crippen LogP contribution in [0.2, 0.25) is 0 Å². The molecule has 0 spiro atoms. The van der Waals surface area contributed by atoms with Gasteiger partial charge < -0.3 is 10.2 Å². The molecule has 3 heteroatoms. The van der Waals surface area contributed by atoms with Gasteiger partial charge in [0.05, 0.1) is 0 Å². The number of benzene rings is 1. The van der Waals surface area contributed by atoms with Gasteiger partial charge in [-0.3, -0.25) is 4.98 Å². The molecule has 0 aliphatic carbocycles. The highest BCUT2D eigenvalue weighted by molar-refractivity contribution is 5.75. The van der Waals surface area contributed by atoms with Gasteiger partial charge in [-0.05, 0) is 93.1 Å². The number of hydrogen-bond acceptors (Lipinski definition) is 3. The summed E-state index contributed by atoms with van der Waals surface area (Å²) in [5.41, 5.74) is 8.83. The Morgan fingerprint density at radius 1 is 1.19 bits per heavy atom. The van der Waals surface area contributed by atoms with Gasteiger partial charge in [-0.15, -0.1) is 0 Å². The molecule has 1 saturated heterocycles. The van der Waals surface area contributed by atoms with Crippen LogP contribution in [0.15, 0.2) is 37.2 Å². The maximum absolute atomic E-state index is 4.48. The zero-order valence-electron chi connectivity index (χ0n) is 16.6. The lowest BCUT2D eigenvalue weighted by Gasteiger charge is -2.35. The van der Waals surface area contributed by atoms with Gasteiger partial charge in [-0.1, -0.05) is 12.6 Å². The van der Waals surface area contributed by atoms with Crippen LogP contribution in [0.1, 0.15) is 35.1 Å². The first-order valence-corrected chi connectivity index (χ1v) is 9.62. The molecule has 0 amide bonds. The van der Waals surface area contributed by atoms with Crippen molar-refractivity contribution in [3.05, 3.63) is 59.4 Å². The Labute approximate surface area is 158 Å². The van der Waals surface area contributed by atoms with Crippen molar-refractivity contribution >= 4 is 5.70 Å². The number of aryl methyl sites for hydroxylation is 2. The van der Waals surface area contributed by atoms with Gasteiger partial charge in [0.15, 0.2) is 0 Å². The molecule has 1 aromatic heterocycles. The second-order valence-electron chi connectivity index (χ2n) is 7.59. The van der Waals surface area contributed by atoms with Crippen molar-refractivity contribution in [1.29, 1.82) is 0 Å². The highest BCUT2D eigenvalue weighted by Crippen LogP contribution is 2.32. The Hall–Kier alpha value is -2.13. The molecule has 0 radical (unpaired) electrons. The fourth-order valence-corrected chi connectivity index (χ4v) is 3.98. The molecule has 2 aromatic rings. The van der Waals surface area contributed by atoms with Gasteiger partial charge in [-0.2, -0.15) is 0 Å². The summed E-state index contributed by atoms with van der Waals surface area (Å²) in [6.45, 7) is 14.3. The van der Waals surface area contributed by atoms with Crippen molar-refractivity contribution in [3.63, 3.8) is 0 Å². The van der Waals surface area contributed by atoms with Gasteiger partial charge in [0.1, 0.15) is 0 Å². The summed E-state index contributed by atoms with van der Waals surface area (Å²) in [5, 5.41) is 3.31. The monoisotopic (exact) mass is 349 g/mol. The standard InChI is InChI=1S/C23H31N3/c1-16-12-21(22-6-9-25-14-17(22)2)13-23(18(16)3)19(4)26-10-7-20(8-11-26)15-24-5/h6,9,12-14,20,24H,4,7-8,10-11,15H2,1-3,5H3. The number of pyridine rings is 1. The van der Waals surface area contributed by atoms with Crippen LogP contribution in [0, 0.1) is 26.7 Å². The molecule has 26 heavy (non-hydrogen) atoms. The van der Waals surface area contributed by atoms with Gasteiger partial charge in [-0.25, -0.2) is 0 Å². The van der Waals surface area contributed by atoms with E-state index in [1.54, 1.807) is 0 Å². The Morgan fingerprint density at radius 2 is 1.92 bits per heavy atom. The topological polar surface area (TPSA) is 28.2 Å². The lowest BCUT2D eigenvalue weighted by atomic mass is 9.91. The molecular formula is C23H31N3. The van der Waals surface area contributed by atoms with Crippen molar-refractivity contribution in [2.75, 3.05) is 26.7 Å². The SMILES string of the molecule is C=C(c1cc(-c2ccncc2C)cc(C)c1C)N1CCC(CNC)CC1. The highest BCUT2D eigenvalue weighted by Gasteiger charge is 2.21. The zero-order valence-corrected chi connectivity index (χ0v) is 16.6. The Morgan fingerprint density at radius 3 is 2.58 bits per heavy atom. The van der Waals surface area contributed by atoms with Gasteiger partial charge in [0.25, 0.3) is 0 Å². The van der Waals surface area contributed by atoms with Crippen molar-refractivity contribution in [3.8, 4) is 11.1 Å². The van der Waals surface area contributed by atoms with Crippen LogP contribution in [0.4, 0.5) is 0 Å². The van der Waals surface area contributed by atoms with E-state index in [2.05, 4.69) is 60.7 Å². The minimum atomic E-state index is 0.790. The molecule has 1 N–H and O–H groups in total. The third kappa shape index (κ3) is 3.83. The molecule has 1 aliphatic heterocycles. The van der Waals surface area contributed by atoms with Crippen molar-refractivity contribution in [2.45, 2.75) is 33.6 Å². The zero-order chi connectivity index (χ0) is 18.7. The molecule has 0 saturated carbocycles. The summed E-state index contributed by atoms with van der Waals surface area (Å²) in [7, 11) is 2.05. The van der Waals surface area contributed by atoms with E-state index in [0.717, 1.165) is 25.6 Å². The van der Waals surface area contributed by atoms with E-state index < -0.39 is 0 Å². The van der Waals surface area contributed by atoms with Crippen molar-refractivity contribution in [1.82, 2.24) is 15.2 Å². The van der Waals surface area contributed by atoms with Gasteiger partial charge in [0, 0.05) is 36.7 Å². The number of aromatic nitrogens is 1. The summed E-state index contributed by atoms with van der Waals surface area (Å²) in [6.07, 6.45) is 6.28. The van der Waals surface area contributed by atoms with Crippen LogP contribution in [0.25, 0.3) is 16.8 Å². The Balaban J connectivity index is 1.88. The average molecular weight is 350 g/mol. The summed E-state index contributed by atoms with van der Waals surface area (Å²) < 4.78 is 0. The minimum absolute atomic E-state index is 0.790. The molecule has 138 valence electrons. The normalized spacial score (nSPS) is 15.3. The number of rotatable bonds is 5. The molecule has 1 aromatic carbocycles. The molecule has 1 aliphatic rings. The van der Waals surface area contributed by atoms with E-state index in [-0.39, 0.29) is 0 Å². The van der Waals surface area contributed by atoms with E-state index in [1.807, 2.05) is 19.4 Å². The first-order valence-electron chi connectivity index (χ1n) is 9.62. The van der Waals surface area contributed by atoms with E-state index >= 15 is 0 Å². The van der Waals surface area contributed by atoms with E-state index in [0.29, 0.717) is 0 Å². The smallest absolute Gasteiger partial charge is 0.0369 e. The summed E-state index contributed by atoms with van der Waals surface area (Å²) in [4.78, 5) is 6.70. The molecule has 0 atom stereocenters. The quantitative estimate of drug-likeness (QED) is 0.856. The summed E-state index contributed by atoms with van der Waals surface area (Å²) in [6, 6.07) is 6.70. The molecule has 0 unspecified atom stereocenters. The predicted molar refractivity (Wildman–Crippen MR) is 111 cm³/mol. The lowest BCUT2D eigenvalue weighted by Crippen LogP contribution is -2.35. The van der Waals surface area contributed by atoms with Crippen LogP contribution in [-0.4, -0.2) is 36.6 Å². The molecule has 2 heterocycles. The average Bonchev–Trinajstić information content (AvgIpc) is 2.65. The first kappa shape index (κ1) is 18.7. The minimum Gasteiger partial charge on any atom is -0.372 e. The molecule has 1 fully saturated rings. The molecule has 3 nitrogen and oxygen atoms in total. The molecular weight excluding hydrogens is 318 g/mol. The maximum atomic E-state index is 4.48. The second kappa shape index (κ2) is 8.05. The predicted octanol–water partition coefficient (Wildman–Crippen LogP) is 4.58. The third-order valence-electron chi connectivity index (χ3n) is 5.80. The number of likely N-dealkylation sites (tertiary alicyclic amines) is 1. The molecule has 3 rings (SSSR count). The summed E-state index contributed by atoms with van der Waals surface area (Å²) in [5.74, 6) is 0.790. The van der Waals surface area contributed by atoms with Crippen molar-refractivity contribution in [2.24, 2.45) is 5.92 Å². The number of nitrogens with one attached hydrogen (secondary N) is 1. The first-order chi connectivity index (χ1) is 12.5. The largest absolute Gasteiger partial charge is 0.372 e. The van der Waals surface area contributed by atoms with Gasteiger partial charge in [0.2, 0.25) is 0 Å². The number of hydrogen-bond donors (Lipinski definition) is 1. The second-order valence-corrected chi connectivity index (χ2v) is 7.59. The fraction of sp³-hybridized carbons (Fsp3) is 0.435. The lowest BCUT2D eigenvalue weighted by molar-refractivity contribution is 0.253. The van der Waals surface area contributed by atoms with E-state index in [4.69, 9.17) is 0 Å². The van der Waals surface area contributed by atoms with E-state index in [9.17, 15) is 0 Å². The van der Waals surface area contributed by atoms with Crippen LogP contribution in [0.3, 0.4) is 0 Å². The fourth-order valence-electron chi connectivity index (χ4n) is 3.98. The molecule has 0 bridgehead atoms. The van der Waals surface area contributed by atoms with E-state index in [1.165, 1.54) is 51.9 Å². The van der Waals surface area contributed by atoms with Crippen LogP contribution < -0.4 is 5.32 Å². The maximum Gasteiger partial charge on any atom is 0.0369 e. The Kier molecular flexibility index (Phi) is 5.77. The number of nitrogens with zero attached hydrogens (tertiary/aromatic N) is 2. The van der Waals surface area contributed by atoms with Crippen LogP contribution >= 0.6 is 0 Å². The summed E-state index contributed by atoms with van der Waals surface area (Å²) >= 11 is 0. The van der Waals surface area contributed by atoms with Gasteiger partial charge >= 0.3 is 0 Å². The third-order valence-corrected chi connectivity index (χ3v) is 5.80. The highest BCUT2D eigenvalue weighted by atomic mass is 15.1. The Bertz CT molecular complexity index is 786.